The van der Waals surface area contributed by atoms with Crippen molar-refractivity contribution in [2.45, 2.75) is 64.3 Å². The van der Waals surface area contributed by atoms with Crippen molar-refractivity contribution in [2.24, 2.45) is 11.7 Å². The summed E-state index contributed by atoms with van der Waals surface area (Å²) in [7, 11) is 1.98. The molecule has 0 spiro atoms. The predicted octanol–water partition coefficient (Wildman–Crippen LogP) is 2.54. The van der Waals surface area contributed by atoms with E-state index in [1.165, 1.54) is 25.7 Å². The summed E-state index contributed by atoms with van der Waals surface area (Å²) in [5.41, 5.74) is 5.44. The molecule has 0 radical (unpaired) electrons. The second-order valence-electron chi connectivity index (χ2n) is 5.43. The van der Waals surface area contributed by atoms with Gasteiger partial charge in [-0.05, 0) is 38.1 Å². The first-order chi connectivity index (χ1) is 8.16. The van der Waals surface area contributed by atoms with Crippen LogP contribution in [0.3, 0.4) is 0 Å². The van der Waals surface area contributed by atoms with Crippen molar-refractivity contribution in [3.05, 3.63) is 0 Å². The fourth-order valence-corrected chi connectivity index (χ4v) is 2.83. The minimum Gasteiger partial charge on any atom is -0.343 e. The Kier molecular flexibility index (Phi) is 6.56. The highest BCUT2D eigenvalue weighted by atomic mass is 16.2. The van der Waals surface area contributed by atoms with Crippen LogP contribution in [0.2, 0.25) is 0 Å². The van der Waals surface area contributed by atoms with E-state index in [0.717, 1.165) is 25.8 Å². The molecule has 0 bridgehead atoms. The summed E-state index contributed by atoms with van der Waals surface area (Å²) in [6, 6.07) is 0.478. The van der Waals surface area contributed by atoms with Gasteiger partial charge in [-0.15, -0.1) is 0 Å². The molecule has 2 atom stereocenters. The lowest BCUT2D eigenvalue weighted by Crippen LogP contribution is -2.42. The summed E-state index contributed by atoms with van der Waals surface area (Å²) in [6.45, 7) is 3.02. The van der Waals surface area contributed by atoms with Crippen LogP contribution in [0.5, 0.6) is 0 Å². The lowest BCUT2D eigenvalue weighted by atomic mass is 9.85. The van der Waals surface area contributed by atoms with Gasteiger partial charge in [0.05, 0.1) is 0 Å². The largest absolute Gasteiger partial charge is 0.343 e. The van der Waals surface area contributed by atoms with Crippen LogP contribution >= 0.6 is 0 Å². The molecule has 1 saturated carbocycles. The van der Waals surface area contributed by atoms with E-state index in [1.54, 1.807) is 0 Å². The van der Waals surface area contributed by atoms with Crippen LogP contribution in [-0.4, -0.2) is 30.4 Å². The van der Waals surface area contributed by atoms with Gasteiger partial charge in [-0.2, -0.15) is 0 Å². The number of hydrogen-bond donors (Lipinski definition) is 1. The Morgan fingerprint density at radius 1 is 1.24 bits per heavy atom. The number of rotatable bonds is 6. The average molecular weight is 240 g/mol. The number of nitrogens with two attached hydrogens (primary N) is 1. The van der Waals surface area contributed by atoms with Crippen molar-refractivity contribution < 1.29 is 4.79 Å². The molecule has 2 unspecified atom stereocenters. The van der Waals surface area contributed by atoms with Crippen LogP contribution in [0.25, 0.3) is 0 Å². The van der Waals surface area contributed by atoms with Crippen LogP contribution in [0.4, 0.5) is 0 Å². The van der Waals surface area contributed by atoms with Crippen molar-refractivity contribution in [3.8, 4) is 0 Å². The molecule has 0 heterocycles. The van der Waals surface area contributed by atoms with E-state index >= 15 is 0 Å². The molecular formula is C14H28N2O. The predicted molar refractivity (Wildman–Crippen MR) is 71.7 cm³/mol. The topological polar surface area (TPSA) is 46.3 Å². The van der Waals surface area contributed by atoms with E-state index < -0.39 is 0 Å². The molecule has 3 heteroatoms. The van der Waals surface area contributed by atoms with Crippen molar-refractivity contribution in [1.29, 1.82) is 0 Å². The minimum absolute atomic E-state index is 0.320. The van der Waals surface area contributed by atoms with Gasteiger partial charge in [-0.1, -0.05) is 26.2 Å². The highest BCUT2D eigenvalue weighted by Crippen LogP contribution is 2.27. The quantitative estimate of drug-likeness (QED) is 0.725. The smallest absolute Gasteiger partial charge is 0.222 e. The minimum atomic E-state index is 0.320. The van der Waals surface area contributed by atoms with Crippen molar-refractivity contribution in [1.82, 2.24) is 4.90 Å². The highest BCUT2D eigenvalue weighted by molar-refractivity contribution is 5.76. The van der Waals surface area contributed by atoms with Gasteiger partial charge < -0.3 is 10.6 Å². The van der Waals surface area contributed by atoms with Gasteiger partial charge in [0, 0.05) is 19.5 Å². The molecule has 1 amide bonds. The van der Waals surface area contributed by atoms with Crippen LogP contribution in [0, 0.1) is 5.92 Å². The number of hydrogen-bond acceptors (Lipinski definition) is 2. The number of nitrogens with zero attached hydrogens (tertiary/aromatic N) is 1. The van der Waals surface area contributed by atoms with E-state index in [9.17, 15) is 4.79 Å². The first-order valence-corrected chi connectivity index (χ1v) is 7.12. The molecular weight excluding hydrogens is 212 g/mol. The highest BCUT2D eigenvalue weighted by Gasteiger charge is 2.27. The zero-order valence-corrected chi connectivity index (χ0v) is 11.5. The molecule has 3 nitrogen and oxygen atoms in total. The molecule has 0 aromatic heterocycles. The number of amides is 1. The number of carbonyl (C=O) groups excluding carboxylic acids is 1. The van der Waals surface area contributed by atoms with Gasteiger partial charge in [-0.25, -0.2) is 0 Å². The van der Waals surface area contributed by atoms with Crippen LogP contribution in [0.15, 0.2) is 0 Å². The van der Waals surface area contributed by atoms with Gasteiger partial charge >= 0.3 is 0 Å². The van der Waals surface area contributed by atoms with E-state index in [4.69, 9.17) is 5.73 Å². The number of unbranched alkanes of at least 4 members (excludes halogenated alkanes) is 2. The molecule has 2 N–H and O–H groups in total. The van der Waals surface area contributed by atoms with Gasteiger partial charge in [0.15, 0.2) is 0 Å². The summed E-state index contributed by atoms with van der Waals surface area (Å²) in [5, 5.41) is 0. The Labute approximate surface area is 106 Å². The van der Waals surface area contributed by atoms with Crippen molar-refractivity contribution in [3.63, 3.8) is 0 Å². The van der Waals surface area contributed by atoms with E-state index in [0.29, 0.717) is 24.3 Å². The standard InChI is InChI=1S/C14H28N2O/c1-12-8-5-6-9-13(12)16(2)14(17)10-4-3-7-11-15/h12-13H,3-11,15H2,1-2H3. The van der Waals surface area contributed by atoms with Crippen molar-refractivity contribution in [2.75, 3.05) is 13.6 Å². The Hall–Kier alpha value is -0.570. The maximum absolute atomic E-state index is 12.0. The third-order valence-corrected chi connectivity index (χ3v) is 4.05. The molecule has 1 rings (SSSR count). The van der Waals surface area contributed by atoms with Gasteiger partial charge in [0.25, 0.3) is 0 Å². The molecule has 0 aliphatic heterocycles. The Morgan fingerprint density at radius 3 is 2.59 bits per heavy atom. The molecule has 100 valence electrons. The van der Waals surface area contributed by atoms with Gasteiger partial charge in [0.1, 0.15) is 0 Å². The van der Waals surface area contributed by atoms with E-state index in [1.807, 2.05) is 11.9 Å². The average Bonchev–Trinajstić information content (AvgIpc) is 2.34. The van der Waals surface area contributed by atoms with Gasteiger partial charge in [-0.3, -0.25) is 4.79 Å². The third kappa shape index (κ3) is 4.66. The Morgan fingerprint density at radius 2 is 1.94 bits per heavy atom. The SMILES string of the molecule is CC1CCCCC1N(C)C(=O)CCCCCN. The molecule has 17 heavy (non-hydrogen) atoms. The fourth-order valence-electron chi connectivity index (χ4n) is 2.83. The molecule has 0 aromatic rings. The lowest BCUT2D eigenvalue weighted by Gasteiger charge is -2.36. The van der Waals surface area contributed by atoms with Crippen LogP contribution < -0.4 is 5.73 Å². The molecule has 1 fully saturated rings. The molecule has 1 aliphatic rings. The maximum atomic E-state index is 12.0. The lowest BCUT2D eigenvalue weighted by molar-refractivity contribution is -0.133. The summed E-state index contributed by atoms with van der Waals surface area (Å²) in [6.07, 6.45) is 8.87. The van der Waals surface area contributed by atoms with E-state index in [-0.39, 0.29) is 0 Å². The Balaban J connectivity index is 2.29. The molecule has 0 saturated heterocycles. The van der Waals surface area contributed by atoms with E-state index in [2.05, 4.69) is 6.92 Å². The summed E-state index contributed by atoms with van der Waals surface area (Å²) in [4.78, 5) is 14.1. The van der Waals surface area contributed by atoms with Crippen LogP contribution in [-0.2, 0) is 4.79 Å². The third-order valence-electron chi connectivity index (χ3n) is 4.05. The second kappa shape index (κ2) is 7.70. The molecule has 1 aliphatic carbocycles. The summed E-state index contributed by atoms with van der Waals surface area (Å²) in [5.74, 6) is 0.988. The second-order valence-corrected chi connectivity index (χ2v) is 5.43. The first-order valence-electron chi connectivity index (χ1n) is 7.12. The fraction of sp³-hybridized carbons (Fsp3) is 0.929. The van der Waals surface area contributed by atoms with Gasteiger partial charge in [0.2, 0.25) is 5.91 Å². The summed E-state index contributed by atoms with van der Waals surface area (Å²) < 4.78 is 0. The monoisotopic (exact) mass is 240 g/mol. The zero-order valence-electron chi connectivity index (χ0n) is 11.5. The molecule has 0 aromatic carbocycles. The normalized spacial score (nSPS) is 24.6. The van der Waals surface area contributed by atoms with Crippen LogP contribution in [0.1, 0.15) is 58.3 Å². The zero-order chi connectivity index (χ0) is 12.7. The Bertz CT molecular complexity index is 230. The first kappa shape index (κ1) is 14.5. The number of carbonyl (C=O) groups is 1. The maximum Gasteiger partial charge on any atom is 0.222 e. The van der Waals surface area contributed by atoms with Crippen molar-refractivity contribution >= 4 is 5.91 Å². The summed E-state index contributed by atoms with van der Waals surface area (Å²) >= 11 is 0.